The fourth-order valence-corrected chi connectivity index (χ4v) is 4.59. The third kappa shape index (κ3) is 14.6. The van der Waals surface area contributed by atoms with Gasteiger partial charge in [0, 0.05) is 12.5 Å². The van der Waals surface area contributed by atoms with Crippen molar-refractivity contribution in [3.05, 3.63) is 115 Å². The zero-order valence-corrected chi connectivity index (χ0v) is 28.0. The van der Waals surface area contributed by atoms with E-state index in [0.29, 0.717) is 17.0 Å². The lowest BCUT2D eigenvalue weighted by atomic mass is 9.98. The van der Waals surface area contributed by atoms with Gasteiger partial charge in [-0.05, 0) is 54.7 Å². The molecule has 0 spiro atoms. The lowest BCUT2D eigenvalue weighted by molar-refractivity contribution is -0.201. The predicted octanol–water partition coefficient (Wildman–Crippen LogP) is 10.0. The summed E-state index contributed by atoms with van der Waals surface area (Å²) in [6.45, 7) is 5.75. The minimum atomic E-state index is -0.719. The van der Waals surface area contributed by atoms with Crippen molar-refractivity contribution in [2.45, 2.75) is 90.9 Å². The number of ether oxygens (including phenoxy) is 1. The van der Waals surface area contributed by atoms with Crippen LogP contribution in [0.25, 0.3) is 10.8 Å². The van der Waals surface area contributed by atoms with Gasteiger partial charge in [-0.25, -0.2) is 4.79 Å². The number of hydrogen-bond donors (Lipinski definition) is 0. The van der Waals surface area contributed by atoms with Gasteiger partial charge in [-0.1, -0.05) is 149 Å². The highest BCUT2D eigenvalue weighted by molar-refractivity contribution is 6.01. The van der Waals surface area contributed by atoms with Gasteiger partial charge in [0.2, 0.25) is 0 Å². The van der Waals surface area contributed by atoms with E-state index in [1.54, 1.807) is 26.2 Å². The Morgan fingerprint density at radius 3 is 1.96 bits per heavy atom. The number of methoxy groups -OCH3 is 1. The highest BCUT2D eigenvalue weighted by atomic mass is 16.7. The van der Waals surface area contributed by atoms with Crippen molar-refractivity contribution >= 4 is 28.6 Å². The molecule has 1 unspecified atom stereocenters. The van der Waals surface area contributed by atoms with Crippen LogP contribution >= 0.6 is 0 Å². The van der Waals surface area contributed by atoms with Crippen LogP contribution in [0.1, 0.15) is 96.5 Å². The van der Waals surface area contributed by atoms with Crippen LogP contribution < -0.4 is 4.74 Å². The smallest absolute Gasteiger partial charge is 0.340 e. The number of rotatable bonds is 19. The Hall–Kier alpha value is -4.45. The third-order valence-electron chi connectivity index (χ3n) is 7.35. The van der Waals surface area contributed by atoms with Gasteiger partial charge in [-0.15, -0.1) is 0 Å². The summed E-state index contributed by atoms with van der Waals surface area (Å²) in [5, 5.41) is 2.47. The molecular weight excluding hydrogens is 574 g/mol. The second-order valence-corrected chi connectivity index (χ2v) is 11.1. The number of fused-ring (bicyclic) bond motifs is 1. The van der Waals surface area contributed by atoms with Crippen molar-refractivity contribution in [1.82, 2.24) is 5.06 Å². The normalized spacial score (nSPS) is 12.9. The zero-order valence-electron chi connectivity index (χ0n) is 28.0. The molecule has 46 heavy (non-hydrogen) atoms. The number of hydroxylamine groups is 2. The van der Waals surface area contributed by atoms with Crippen molar-refractivity contribution in [1.29, 1.82) is 0 Å². The summed E-state index contributed by atoms with van der Waals surface area (Å²) in [6, 6.07) is 11.3. The molecule has 0 heterocycles. The lowest BCUT2D eigenvalue weighted by Crippen LogP contribution is -2.38. The summed E-state index contributed by atoms with van der Waals surface area (Å²) in [5.74, 6) is -1.94. The number of allylic oxidation sites excluding steroid dienone is 11. The highest BCUT2D eigenvalue weighted by Gasteiger charge is 2.27. The first kappa shape index (κ1) is 37.7. The monoisotopic (exact) mass is 625 g/mol. The van der Waals surface area contributed by atoms with Gasteiger partial charge in [0.15, 0.2) is 0 Å². The van der Waals surface area contributed by atoms with E-state index in [9.17, 15) is 14.4 Å². The van der Waals surface area contributed by atoms with E-state index in [-0.39, 0.29) is 6.42 Å². The number of carbonyl (C=O) groups is 3. The Balaban J connectivity index is 1.83. The van der Waals surface area contributed by atoms with Crippen LogP contribution in [0, 0.1) is 0 Å². The quantitative estimate of drug-likeness (QED) is 0.0672. The van der Waals surface area contributed by atoms with E-state index in [4.69, 9.17) is 9.57 Å². The minimum absolute atomic E-state index is 0.0768. The SMILES string of the molecule is CCCCCCCCCC=CC=CC=CC=CC=CC=CC(=O)N(OC(=O)C(C)c1ccc2cc(OC)ccc2c1)C(=O)CCC. The Bertz CT molecular complexity index is 1410. The van der Waals surface area contributed by atoms with Gasteiger partial charge >= 0.3 is 5.97 Å². The van der Waals surface area contributed by atoms with E-state index in [1.807, 2.05) is 79.8 Å². The van der Waals surface area contributed by atoms with Crippen molar-refractivity contribution in [2.24, 2.45) is 0 Å². The summed E-state index contributed by atoms with van der Waals surface area (Å²) >= 11 is 0. The molecule has 0 bridgehead atoms. The van der Waals surface area contributed by atoms with Crippen LogP contribution in [0.15, 0.2) is 109 Å². The average Bonchev–Trinajstić information content (AvgIpc) is 3.07. The first-order chi connectivity index (χ1) is 22.4. The van der Waals surface area contributed by atoms with Gasteiger partial charge in [-0.2, -0.15) is 0 Å². The molecule has 0 aliphatic carbocycles. The molecule has 0 aliphatic rings. The van der Waals surface area contributed by atoms with Gasteiger partial charge in [0.05, 0.1) is 13.0 Å². The van der Waals surface area contributed by atoms with Crippen molar-refractivity contribution in [3.8, 4) is 5.75 Å². The average molecular weight is 626 g/mol. The third-order valence-corrected chi connectivity index (χ3v) is 7.35. The first-order valence-electron chi connectivity index (χ1n) is 16.6. The standard InChI is InChI=1S/C40H51NO5/c1-5-7-8-9-10-11-12-13-14-15-16-17-18-19-20-21-22-23-24-26-39(43)41(38(42)25-6-2)46-40(44)33(3)34-27-28-36-32-37(45-4)30-29-35(36)31-34/h14-24,26-33H,5-13,25H2,1-4H3. The van der Waals surface area contributed by atoms with E-state index < -0.39 is 23.7 Å². The number of imide groups is 1. The predicted molar refractivity (Wildman–Crippen MR) is 189 cm³/mol. The molecule has 0 fully saturated rings. The van der Waals surface area contributed by atoms with E-state index >= 15 is 0 Å². The summed E-state index contributed by atoms with van der Waals surface area (Å²) in [6.07, 6.45) is 33.0. The number of hydrogen-bond acceptors (Lipinski definition) is 5. The molecular formula is C40H51NO5. The maximum Gasteiger partial charge on any atom is 0.340 e. The molecule has 0 saturated heterocycles. The van der Waals surface area contributed by atoms with Crippen molar-refractivity contribution in [2.75, 3.05) is 7.11 Å². The molecule has 0 radical (unpaired) electrons. The Morgan fingerprint density at radius 2 is 1.30 bits per heavy atom. The molecule has 6 nitrogen and oxygen atoms in total. The largest absolute Gasteiger partial charge is 0.497 e. The molecule has 2 aromatic rings. The van der Waals surface area contributed by atoms with E-state index in [0.717, 1.165) is 22.9 Å². The Kier molecular flexibility index (Phi) is 18.8. The lowest BCUT2D eigenvalue weighted by Gasteiger charge is -2.20. The number of amides is 2. The van der Waals surface area contributed by atoms with Gasteiger partial charge in [-0.3, -0.25) is 9.59 Å². The minimum Gasteiger partial charge on any atom is -0.497 e. The zero-order chi connectivity index (χ0) is 33.4. The number of carbonyl (C=O) groups excluding carboxylic acids is 3. The van der Waals surface area contributed by atoms with Crippen LogP contribution in [0.4, 0.5) is 0 Å². The number of benzene rings is 2. The summed E-state index contributed by atoms with van der Waals surface area (Å²) in [7, 11) is 1.61. The van der Waals surface area contributed by atoms with Crippen LogP contribution in [-0.2, 0) is 19.2 Å². The molecule has 246 valence electrons. The Labute approximate surface area is 275 Å². The summed E-state index contributed by atoms with van der Waals surface area (Å²) in [4.78, 5) is 43.8. The molecule has 2 amide bonds. The highest BCUT2D eigenvalue weighted by Crippen LogP contribution is 2.26. The van der Waals surface area contributed by atoms with Crippen LogP contribution in [0.2, 0.25) is 0 Å². The number of nitrogens with zero attached hydrogens (tertiary/aromatic N) is 1. The molecule has 0 aliphatic heterocycles. The van der Waals surface area contributed by atoms with Gasteiger partial charge in [0.1, 0.15) is 5.75 Å². The second-order valence-electron chi connectivity index (χ2n) is 11.1. The van der Waals surface area contributed by atoms with Crippen molar-refractivity contribution in [3.63, 3.8) is 0 Å². The molecule has 6 heteroatoms. The molecule has 2 aromatic carbocycles. The number of unbranched alkanes of at least 4 members (excludes halogenated alkanes) is 7. The fourth-order valence-electron chi connectivity index (χ4n) is 4.59. The Morgan fingerprint density at radius 1 is 0.717 bits per heavy atom. The maximum absolute atomic E-state index is 13.0. The molecule has 0 N–H and O–H groups in total. The fraction of sp³-hybridized carbons (Fsp3) is 0.375. The van der Waals surface area contributed by atoms with E-state index in [2.05, 4.69) is 19.1 Å². The van der Waals surface area contributed by atoms with Crippen LogP contribution in [0.3, 0.4) is 0 Å². The molecule has 0 aromatic heterocycles. The van der Waals surface area contributed by atoms with Crippen LogP contribution in [-0.4, -0.2) is 30.0 Å². The summed E-state index contributed by atoms with van der Waals surface area (Å²) < 4.78 is 5.27. The maximum atomic E-state index is 13.0. The van der Waals surface area contributed by atoms with Crippen LogP contribution in [0.5, 0.6) is 5.75 Å². The molecule has 0 saturated carbocycles. The second kappa shape index (κ2) is 23.0. The van der Waals surface area contributed by atoms with E-state index in [1.165, 1.54) is 57.1 Å². The van der Waals surface area contributed by atoms with Crippen molar-refractivity contribution < 1.29 is 24.0 Å². The molecule has 1 atom stereocenters. The summed E-state index contributed by atoms with van der Waals surface area (Å²) in [5.41, 5.74) is 0.711. The first-order valence-corrected chi connectivity index (χ1v) is 16.6. The van der Waals surface area contributed by atoms with Gasteiger partial charge < -0.3 is 9.57 Å². The van der Waals surface area contributed by atoms with Gasteiger partial charge in [0.25, 0.3) is 11.8 Å². The topological polar surface area (TPSA) is 72.9 Å². The molecule has 2 rings (SSSR count).